The highest BCUT2D eigenvalue weighted by Crippen LogP contribution is 2.35. The van der Waals surface area contributed by atoms with Gasteiger partial charge in [0.05, 0.1) is 24.4 Å². The van der Waals surface area contributed by atoms with E-state index in [1.54, 1.807) is 19.2 Å². The minimum Gasteiger partial charge on any atom is -0.497 e. The highest BCUT2D eigenvalue weighted by atomic mass is 16.7. The number of hydrogen-bond donors (Lipinski definition) is 2. The molecule has 0 spiro atoms. The lowest BCUT2D eigenvalue weighted by molar-refractivity contribution is -0.155. The Bertz CT molecular complexity index is 1240. The molecule has 3 atom stereocenters. The average molecular weight is 478 g/mol. The van der Waals surface area contributed by atoms with E-state index in [-0.39, 0.29) is 18.7 Å². The van der Waals surface area contributed by atoms with Crippen molar-refractivity contribution < 1.29 is 24.3 Å². The van der Waals surface area contributed by atoms with Crippen molar-refractivity contribution in [2.24, 2.45) is 17.1 Å². The Morgan fingerprint density at radius 2 is 1.86 bits per heavy atom. The van der Waals surface area contributed by atoms with Crippen molar-refractivity contribution >= 4 is 22.7 Å². The van der Waals surface area contributed by atoms with E-state index >= 15 is 0 Å². The number of pyridine rings is 1. The van der Waals surface area contributed by atoms with Crippen LogP contribution in [0.4, 0.5) is 0 Å². The standard InChI is InChI=1S/C27H31N3O5/c1-27(2,3)25(28)24(31)17-12-22(26(32)33)30(15-17)35-23-14-20(16-8-6-5-7-9-16)29-21-13-18(34-4)10-11-19(21)23/h5-11,13-14,17,22,25H,12,15,28H2,1-4H3,(H,32,33)/t17-,22+,25?/m1/s1. The fraction of sp³-hybridized carbons (Fsp3) is 0.370. The second-order valence-electron chi connectivity index (χ2n) is 9.98. The van der Waals surface area contributed by atoms with Gasteiger partial charge in [0.2, 0.25) is 0 Å². The number of carbonyl (C=O) groups is 2. The maximum atomic E-state index is 13.1. The first-order valence-corrected chi connectivity index (χ1v) is 11.6. The van der Waals surface area contributed by atoms with Gasteiger partial charge in [0.25, 0.3) is 0 Å². The number of carboxylic acid groups (broad SMARTS) is 1. The van der Waals surface area contributed by atoms with Gasteiger partial charge >= 0.3 is 5.97 Å². The second kappa shape index (κ2) is 9.64. The molecule has 4 rings (SSSR count). The summed E-state index contributed by atoms with van der Waals surface area (Å²) < 4.78 is 5.36. The number of rotatable bonds is 7. The highest BCUT2D eigenvalue weighted by molar-refractivity contribution is 5.90. The van der Waals surface area contributed by atoms with Crippen molar-refractivity contribution in [1.29, 1.82) is 0 Å². The molecule has 1 saturated heterocycles. The van der Waals surface area contributed by atoms with E-state index in [4.69, 9.17) is 20.3 Å². The van der Waals surface area contributed by atoms with Gasteiger partial charge in [-0.05, 0) is 24.0 Å². The molecule has 2 aromatic carbocycles. The Hall–Kier alpha value is -3.49. The minimum atomic E-state index is -1.05. The monoisotopic (exact) mass is 477 g/mol. The van der Waals surface area contributed by atoms with Gasteiger partial charge < -0.3 is 20.4 Å². The van der Waals surface area contributed by atoms with Crippen molar-refractivity contribution in [3.63, 3.8) is 0 Å². The molecule has 0 saturated carbocycles. The molecule has 35 heavy (non-hydrogen) atoms. The number of carboxylic acids is 1. The third-order valence-electron chi connectivity index (χ3n) is 6.45. The molecule has 0 aliphatic carbocycles. The molecule has 1 aliphatic rings. The summed E-state index contributed by atoms with van der Waals surface area (Å²) in [6.07, 6.45) is 0.139. The van der Waals surface area contributed by atoms with Gasteiger partial charge in [-0.2, -0.15) is 0 Å². The van der Waals surface area contributed by atoms with Gasteiger partial charge in [-0.15, -0.1) is 5.06 Å². The number of Topliss-reactive ketones (excluding diaryl/α,β-unsaturated/α-hetero) is 1. The number of ether oxygens (including phenoxy) is 1. The molecule has 2 heterocycles. The number of aliphatic carboxylic acids is 1. The van der Waals surface area contributed by atoms with Crippen LogP contribution >= 0.6 is 0 Å². The molecule has 3 N–H and O–H groups in total. The SMILES string of the molecule is COc1ccc2c(ON3C[C@H](C(=O)C(N)C(C)(C)C)C[C@H]3C(=O)O)cc(-c3ccccc3)nc2c1. The predicted octanol–water partition coefficient (Wildman–Crippen LogP) is 3.92. The van der Waals surface area contributed by atoms with Crippen LogP contribution in [0.2, 0.25) is 0 Å². The summed E-state index contributed by atoms with van der Waals surface area (Å²) in [4.78, 5) is 36.1. The number of hydroxylamine groups is 2. The zero-order valence-corrected chi connectivity index (χ0v) is 20.4. The number of fused-ring (bicyclic) bond motifs is 1. The topological polar surface area (TPSA) is 115 Å². The van der Waals surface area contributed by atoms with Gasteiger partial charge in [0.15, 0.2) is 11.5 Å². The third kappa shape index (κ3) is 5.13. The largest absolute Gasteiger partial charge is 0.497 e. The van der Waals surface area contributed by atoms with Gasteiger partial charge in [-0.25, -0.2) is 4.98 Å². The first kappa shape index (κ1) is 24.6. The van der Waals surface area contributed by atoms with E-state index in [2.05, 4.69) is 0 Å². The molecule has 8 nitrogen and oxygen atoms in total. The fourth-order valence-corrected chi connectivity index (χ4v) is 4.28. The van der Waals surface area contributed by atoms with Crippen LogP contribution in [0.5, 0.6) is 11.5 Å². The summed E-state index contributed by atoms with van der Waals surface area (Å²) in [6.45, 7) is 5.84. The highest BCUT2D eigenvalue weighted by Gasteiger charge is 2.44. The third-order valence-corrected chi connectivity index (χ3v) is 6.45. The van der Waals surface area contributed by atoms with Crippen molar-refractivity contribution in [2.75, 3.05) is 13.7 Å². The molecule has 1 aliphatic heterocycles. The minimum absolute atomic E-state index is 0.139. The Balaban J connectivity index is 1.71. The Labute approximate surface area is 204 Å². The zero-order chi connectivity index (χ0) is 25.3. The summed E-state index contributed by atoms with van der Waals surface area (Å²) in [7, 11) is 1.58. The lowest BCUT2D eigenvalue weighted by atomic mass is 9.80. The first-order valence-electron chi connectivity index (χ1n) is 11.6. The maximum Gasteiger partial charge on any atom is 0.324 e. The number of aromatic nitrogens is 1. The summed E-state index contributed by atoms with van der Waals surface area (Å²) in [5, 5.41) is 12.0. The molecular formula is C27H31N3O5. The van der Waals surface area contributed by atoms with Crippen LogP contribution in [0.25, 0.3) is 22.2 Å². The van der Waals surface area contributed by atoms with Gasteiger partial charge in [0.1, 0.15) is 11.8 Å². The average Bonchev–Trinajstić information content (AvgIpc) is 3.26. The molecular weight excluding hydrogens is 446 g/mol. The lowest BCUT2D eigenvalue weighted by Gasteiger charge is -2.27. The van der Waals surface area contributed by atoms with Crippen molar-refractivity contribution in [1.82, 2.24) is 10.0 Å². The van der Waals surface area contributed by atoms with Crippen molar-refractivity contribution in [3.05, 3.63) is 54.6 Å². The number of nitrogens with two attached hydrogens (primary N) is 1. The van der Waals surface area contributed by atoms with E-state index in [0.29, 0.717) is 28.1 Å². The molecule has 0 radical (unpaired) electrons. The van der Waals surface area contributed by atoms with E-state index in [0.717, 1.165) is 5.56 Å². The smallest absolute Gasteiger partial charge is 0.324 e. The first-order chi connectivity index (χ1) is 16.6. The van der Waals surface area contributed by atoms with Crippen LogP contribution in [0.15, 0.2) is 54.6 Å². The molecule has 184 valence electrons. The van der Waals surface area contributed by atoms with Crippen molar-refractivity contribution in [3.8, 4) is 22.8 Å². The lowest BCUT2D eigenvalue weighted by Crippen LogP contribution is -2.46. The summed E-state index contributed by atoms with van der Waals surface area (Å²) >= 11 is 0. The zero-order valence-electron chi connectivity index (χ0n) is 20.4. The number of hydrogen-bond acceptors (Lipinski definition) is 7. The molecule has 0 amide bonds. The van der Waals surface area contributed by atoms with Gasteiger partial charge in [0, 0.05) is 35.5 Å². The molecule has 1 aromatic heterocycles. The van der Waals surface area contributed by atoms with E-state index < -0.39 is 29.4 Å². The van der Waals surface area contributed by atoms with Crippen LogP contribution < -0.4 is 15.3 Å². The predicted molar refractivity (Wildman–Crippen MR) is 133 cm³/mol. The number of carbonyl (C=O) groups excluding carboxylic acids is 1. The quantitative estimate of drug-likeness (QED) is 0.526. The second-order valence-corrected chi connectivity index (χ2v) is 9.98. The summed E-state index contributed by atoms with van der Waals surface area (Å²) in [6, 6.07) is 15.2. The van der Waals surface area contributed by atoms with Crippen LogP contribution in [-0.4, -0.2) is 52.6 Å². The Morgan fingerprint density at radius 1 is 1.14 bits per heavy atom. The number of benzene rings is 2. The van der Waals surface area contributed by atoms with Crippen LogP contribution in [-0.2, 0) is 9.59 Å². The van der Waals surface area contributed by atoms with Gasteiger partial charge in [-0.1, -0.05) is 51.1 Å². The van der Waals surface area contributed by atoms with Crippen LogP contribution in [0.1, 0.15) is 27.2 Å². The number of nitrogens with zero attached hydrogens (tertiary/aromatic N) is 2. The van der Waals surface area contributed by atoms with E-state index in [1.807, 2.05) is 63.2 Å². The number of methoxy groups -OCH3 is 1. The normalized spacial score (nSPS) is 19.5. The van der Waals surface area contributed by atoms with E-state index in [9.17, 15) is 14.7 Å². The fourth-order valence-electron chi connectivity index (χ4n) is 4.28. The molecule has 1 unspecified atom stereocenters. The maximum absolute atomic E-state index is 13.1. The van der Waals surface area contributed by atoms with Crippen LogP contribution in [0.3, 0.4) is 0 Å². The van der Waals surface area contributed by atoms with E-state index in [1.165, 1.54) is 5.06 Å². The summed E-state index contributed by atoms with van der Waals surface area (Å²) in [5.74, 6) is -0.632. The Kier molecular flexibility index (Phi) is 6.78. The molecule has 0 bridgehead atoms. The molecule has 3 aromatic rings. The van der Waals surface area contributed by atoms with Crippen molar-refractivity contribution in [2.45, 2.75) is 39.3 Å². The molecule has 8 heteroatoms. The van der Waals surface area contributed by atoms with Gasteiger partial charge in [-0.3, -0.25) is 9.59 Å². The number of ketones is 1. The van der Waals surface area contributed by atoms with Crippen LogP contribution in [0, 0.1) is 11.3 Å². The Morgan fingerprint density at radius 3 is 2.49 bits per heavy atom. The summed E-state index contributed by atoms with van der Waals surface area (Å²) in [5.41, 5.74) is 8.00. The molecule has 1 fully saturated rings.